The van der Waals surface area contributed by atoms with Gasteiger partial charge in [-0.25, -0.2) is 4.57 Å². The normalized spacial score (nSPS) is 8.14. The van der Waals surface area contributed by atoms with Gasteiger partial charge in [0.15, 0.2) is 0 Å². The maximum absolute atomic E-state index is 9.44. The average molecular weight is 148 g/mol. The van der Waals surface area contributed by atoms with Crippen molar-refractivity contribution in [3.05, 3.63) is 0 Å². The van der Waals surface area contributed by atoms with Gasteiger partial charge in [-0.3, -0.25) is 4.52 Å². The molecule has 0 spiro atoms. The van der Waals surface area contributed by atoms with Crippen LogP contribution in [0, 0.1) is 0 Å². The van der Waals surface area contributed by atoms with Crippen LogP contribution in [0.25, 0.3) is 0 Å². The van der Waals surface area contributed by atoms with Gasteiger partial charge in [0, 0.05) is 0 Å². The third kappa shape index (κ3) is 11.1. The molecule has 0 aromatic heterocycles. The van der Waals surface area contributed by atoms with E-state index in [1.807, 2.05) is 6.92 Å². The Morgan fingerprint density at radius 2 is 2.29 bits per heavy atom. The van der Waals surface area contributed by atoms with Crippen LogP contribution in [0.15, 0.2) is 0 Å². The molecule has 0 aromatic rings. The molecule has 0 aromatic carbocycles. The second-order valence-corrected chi connectivity index (χ2v) is 1.32. The Morgan fingerprint density at radius 1 is 1.71 bits per heavy atom. The molecule has 0 radical (unpaired) electrons. The Morgan fingerprint density at radius 3 is 2.43 bits per heavy atom. The molecular formula is C3H9CaO2P. The van der Waals surface area contributed by atoms with Crippen molar-refractivity contribution < 1.29 is 9.09 Å². The first-order chi connectivity index (χ1) is 2.91. The molecule has 0 unspecified atom stereocenters. The summed E-state index contributed by atoms with van der Waals surface area (Å²) in [6, 6.07) is 0. The fourth-order valence-corrected chi connectivity index (χ4v) is 0.386. The zero-order chi connectivity index (χ0) is 4.83. The Kier molecular flexibility index (Phi) is 16.5. The van der Waals surface area contributed by atoms with E-state index in [1.54, 1.807) is 0 Å². The van der Waals surface area contributed by atoms with E-state index in [-0.39, 0.29) is 46.4 Å². The van der Waals surface area contributed by atoms with Crippen LogP contribution in [0.4, 0.5) is 0 Å². The van der Waals surface area contributed by atoms with Crippen molar-refractivity contribution >= 4 is 46.4 Å². The topological polar surface area (TPSA) is 26.3 Å². The molecule has 0 bridgehead atoms. The van der Waals surface area contributed by atoms with Crippen LogP contribution in [-0.4, -0.2) is 44.3 Å². The van der Waals surface area contributed by atoms with Crippen LogP contribution in [0.3, 0.4) is 0 Å². The monoisotopic (exact) mass is 148 g/mol. The van der Waals surface area contributed by atoms with E-state index in [2.05, 4.69) is 4.52 Å². The number of rotatable bonds is 3. The molecule has 0 saturated heterocycles. The third-order valence-corrected chi connectivity index (χ3v) is 0.636. The molecule has 0 rings (SSSR count). The van der Waals surface area contributed by atoms with E-state index in [0.717, 1.165) is 6.42 Å². The second-order valence-electron chi connectivity index (χ2n) is 0.908. The van der Waals surface area contributed by atoms with Gasteiger partial charge in [0.2, 0.25) is 0 Å². The van der Waals surface area contributed by atoms with Crippen LogP contribution in [0.2, 0.25) is 0 Å². The Labute approximate surface area is 74.9 Å². The van der Waals surface area contributed by atoms with Gasteiger partial charge in [0.05, 0.1) is 6.61 Å². The first kappa shape index (κ1) is 11.2. The third-order valence-electron chi connectivity index (χ3n) is 0.348. The molecule has 7 heavy (non-hydrogen) atoms. The summed E-state index contributed by atoms with van der Waals surface area (Å²) < 4.78 is 13.8. The van der Waals surface area contributed by atoms with Crippen molar-refractivity contribution in [2.24, 2.45) is 0 Å². The van der Waals surface area contributed by atoms with E-state index < -0.39 is 0 Å². The minimum atomic E-state index is -0.205. The van der Waals surface area contributed by atoms with Gasteiger partial charge < -0.3 is 0 Å². The molecule has 0 saturated carbocycles. The molecule has 40 valence electrons. The predicted octanol–water partition coefficient (Wildman–Crippen LogP) is 0.703. The van der Waals surface area contributed by atoms with Crippen molar-refractivity contribution in [3.8, 4) is 0 Å². The van der Waals surface area contributed by atoms with Crippen molar-refractivity contribution in [1.82, 2.24) is 0 Å². The summed E-state index contributed by atoms with van der Waals surface area (Å²) in [5.41, 5.74) is 0. The van der Waals surface area contributed by atoms with Crippen molar-refractivity contribution in [2.45, 2.75) is 13.3 Å². The summed E-state index contributed by atoms with van der Waals surface area (Å²) >= 11 is 0. The standard InChI is InChI=1S/C3H7O2P.Ca.2H/c1-2-3-5-6-4;;;/h2-3H2,1H3;;;. The summed E-state index contributed by atoms with van der Waals surface area (Å²) in [5, 5.41) is 0. The van der Waals surface area contributed by atoms with Crippen molar-refractivity contribution in [3.63, 3.8) is 0 Å². The molecule has 0 aliphatic heterocycles. The Hall–Kier alpha value is 1.32. The number of hydrogen-bond donors (Lipinski definition) is 0. The Balaban J connectivity index is 0. The van der Waals surface area contributed by atoms with E-state index in [0.29, 0.717) is 6.61 Å². The van der Waals surface area contributed by atoms with Crippen LogP contribution in [-0.2, 0) is 9.09 Å². The molecule has 0 N–H and O–H groups in total. The SMILES string of the molecule is CCCOP=O.[CaH2]. The molecule has 2 nitrogen and oxygen atoms in total. The maximum atomic E-state index is 9.44. The van der Waals surface area contributed by atoms with Gasteiger partial charge in [0.1, 0.15) is 0 Å². The molecule has 0 atom stereocenters. The molecule has 0 amide bonds. The van der Waals surface area contributed by atoms with E-state index in [4.69, 9.17) is 0 Å². The van der Waals surface area contributed by atoms with E-state index in [9.17, 15) is 4.57 Å². The van der Waals surface area contributed by atoms with E-state index >= 15 is 0 Å². The predicted molar refractivity (Wildman–Crippen MR) is 32.4 cm³/mol. The zero-order valence-electron chi connectivity index (χ0n) is 3.68. The summed E-state index contributed by atoms with van der Waals surface area (Å²) in [6.07, 6.45) is 0.926. The summed E-state index contributed by atoms with van der Waals surface area (Å²) in [5.74, 6) is 0. The molecule has 0 fully saturated rings. The van der Waals surface area contributed by atoms with Gasteiger partial charge in [-0.2, -0.15) is 0 Å². The zero-order valence-corrected chi connectivity index (χ0v) is 4.57. The quantitative estimate of drug-likeness (QED) is 0.334. The van der Waals surface area contributed by atoms with Crippen molar-refractivity contribution in [1.29, 1.82) is 0 Å². The molecule has 0 heterocycles. The molecular weight excluding hydrogens is 139 g/mol. The van der Waals surface area contributed by atoms with Gasteiger partial charge in [0.25, 0.3) is 0 Å². The van der Waals surface area contributed by atoms with Gasteiger partial charge in [-0.05, 0) is 6.42 Å². The average Bonchev–Trinajstić information content (AvgIpc) is 1.61. The Bertz CT molecular complexity index is 41.9. The van der Waals surface area contributed by atoms with E-state index in [1.165, 1.54) is 0 Å². The molecule has 0 aliphatic rings. The summed E-state index contributed by atoms with van der Waals surface area (Å²) in [4.78, 5) is 0. The van der Waals surface area contributed by atoms with Crippen LogP contribution in [0.5, 0.6) is 0 Å². The number of hydrogen-bond acceptors (Lipinski definition) is 2. The van der Waals surface area contributed by atoms with Crippen LogP contribution >= 0.6 is 8.69 Å². The molecule has 0 aliphatic carbocycles. The van der Waals surface area contributed by atoms with Crippen molar-refractivity contribution in [2.75, 3.05) is 6.61 Å². The van der Waals surface area contributed by atoms with Crippen LogP contribution < -0.4 is 0 Å². The first-order valence-electron chi connectivity index (χ1n) is 1.86. The fraction of sp³-hybridized carbons (Fsp3) is 1.00. The van der Waals surface area contributed by atoms with Gasteiger partial charge in [-0.1, -0.05) is 6.92 Å². The fourth-order valence-electron chi connectivity index (χ4n) is 0.129. The van der Waals surface area contributed by atoms with Gasteiger partial charge in [-0.15, -0.1) is 0 Å². The molecule has 4 heteroatoms. The van der Waals surface area contributed by atoms with Gasteiger partial charge >= 0.3 is 46.4 Å². The van der Waals surface area contributed by atoms with Crippen LogP contribution in [0.1, 0.15) is 13.3 Å². The summed E-state index contributed by atoms with van der Waals surface area (Å²) in [7, 11) is -0.205. The minimum absolute atomic E-state index is 0. The first-order valence-corrected chi connectivity index (χ1v) is 2.59. The second kappa shape index (κ2) is 10.3. The summed E-state index contributed by atoms with van der Waals surface area (Å²) in [6.45, 7) is 2.55.